The minimum absolute atomic E-state index is 0.179. The SMILES string of the molecule is Cc1cccc(NC(=O)C(C)(C)CN)c1C#N. The van der Waals surface area contributed by atoms with Crippen molar-refractivity contribution in [1.82, 2.24) is 0 Å². The van der Waals surface area contributed by atoms with Crippen LogP contribution in [0.3, 0.4) is 0 Å². The van der Waals surface area contributed by atoms with E-state index in [9.17, 15) is 4.79 Å². The smallest absolute Gasteiger partial charge is 0.231 e. The van der Waals surface area contributed by atoms with Crippen LogP contribution in [0, 0.1) is 23.7 Å². The first kappa shape index (κ1) is 13.2. The summed E-state index contributed by atoms with van der Waals surface area (Å²) in [6.45, 7) is 5.63. The maximum Gasteiger partial charge on any atom is 0.231 e. The van der Waals surface area contributed by atoms with Crippen molar-refractivity contribution in [1.29, 1.82) is 5.26 Å². The van der Waals surface area contributed by atoms with Gasteiger partial charge in [0.2, 0.25) is 5.91 Å². The molecule has 4 heteroatoms. The van der Waals surface area contributed by atoms with E-state index in [2.05, 4.69) is 11.4 Å². The molecule has 90 valence electrons. The van der Waals surface area contributed by atoms with Gasteiger partial charge >= 0.3 is 0 Å². The Balaban J connectivity index is 3.02. The lowest BCUT2D eigenvalue weighted by Crippen LogP contribution is -2.37. The van der Waals surface area contributed by atoms with Crippen molar-refractivity contribution in [2.24, 2.45) is 11.1 Å². The Bertz CT molecular complexity index is 472. The third-order valence-electron chi connectivity index (χ3n) is 2.76. The molecule has 1 rings (SSSR count). The van der Waals surface area contributed by atoms with E-state index < -0.39 is 5.41 Å². The number of benzene rings is 1. The van der Waals surface area contributed by atoms with Crippen LogP contribution < -0.4 is 11.1 Å². The second-order valence-electron chi connectivity index (χ2n) is 4.65. The zero-order valence-corrected chi connectivity index (χ0v) is 10.4. The first-order valence-corrected chi connectivity index (χ1v) is 5.43. The number of nitrogens with zero attached hydrogens (tertiary/aromatic N) is 1. The van der Waals surface area contributed by atoms with Gasteiger partial charge in [-0.05, 0) is 32.4 Å². The molecule has 1 aromatic rings. The summed E-state index contributed by atoms with van der Waals surface area (Å²) in [4.78, 5) is 11.9. The van der Waals surface area contributed by atoms with Crippen LogP contribution in [0.2, 0.25) is 0 Å². The summed E-state index contributed by atoms with van der Waals surface area (Å²) in [5.74, 6) is -0.179. The summed E-state index contributed by atoms with van der Waals surface area (Å²) in [5.41, 5.74) is 6.77. The lowest BCUT2D eigenvalue weighted by Gasteiger charge is -2.21. The van der Waals surface area contributed by atoms with Crippen molar-refractivity contribution in [2.75, 3.05) is 11.9 Å². The highest BCUT2D eigenvalue weighted by Gasteiger charge is 2.26. The monoisotopic (exact) mass is 231 g/mol. The van der Waals surface area contributed by atoms with Crippen LogP contribution in [0.5, 0.6) is 0 Å². The Hall–Kier alpha value is -1.86. The average molecular weight is 231 g/mol. The van der Waals surface area contributed by atoms with Gasteiger partial charge in [-0.15, -0.1) is 0 Å². The van der Waals surface area contributed by atoms with Gasteiger partial charge in [0.1, 0.15) is 6.07 Å². The highest BCUT2D eigenvalue weighted by atomic mass is 16.2. The second kappa shape index (κ2) is 4.98. The van der Waals surface area contributed by atoms with Gasteiger partial charge in [0.25, 0.3) is 0 Å². The highest BCUT2D eigenvalue weighted by molar-refractivity contribution is 5.96. The standard InChI is InChI=1S/C13H17N3O/c1-9-5-4-6-11(10(9)7-14)16-12(17)13(2,3)8-15/h4-6H,8,15H2,1-3H3,(H,16,17). The predicted molar refractivity (Wildman–Crippen MR) is 67.4 cm³/mol. The molecule has 1 amide bonds. The minimum atomic E-state index is -0.642. The largest absolute Gasteiger partial charge is 0.329 e. The number of anilines is 1. The van der Waals surface area contributed by atoms with Crippen molar-refractivity contribution < 1.29 is 4.79 Å². The number of hydrogen-bond acceptors (Lipinski definition) is 3. The number of carbonyl (C=O) groups is 1. The van der Waals surface area contributed by atoms with Gasteiger partial charge in [-0.25, -0.2) is 0 Å². The average Bonchev–Trinajstić information content (AvgIpc) is 2.29. The predicted octanol–water partition coefficient (Wildman–Crippen LogP) is 1.79. The lowest BCUT2D eigenvalue weighted by molar-refractivity contribution is -0.123. The van der Waals surface area contributed by atoms with Gasteiger partial charge in [0.05, 0.1) is 16.7 Å². The number of carbonyl (C=O) groups excluding carboxylic acids is 1. The normalized spacial score (nSPS) is 10.8. The molecular weight excluding hydrogens is 214 g/mol. The number of nitrogens with two attached hydrogens (primary N) is 1. The molecule has 0 radical (unpaired) electrons. The number of hydrogen-bond donors (Lipinski definition) is 2. The lowest BCUT2D eigenvalue weighted by atomic mass is 9.92. The number of rotatable bonds is 3. The van der Waals surface area contributed by atoms with Crippen LogP contribution >= 0.6 is 0 Å². The molecule has 0 fully saturated rings. The molecule has 0 unspecified atom stereocenters. The van der Waals surface area contributed by atoms with Crippen molar-refractivity contribution in [3.8, 4) is 6.07 Å². The number of aryl methyl sites for hydroxylation is 1. The first-order chi connectivity index (χ1) is 7.92. The van der Waals surface area contributed by atoms with E-state index in [4.69, 9.17) is 11.0 Å². The molecule has 0 aliphatic heterocycles. The van der Waals surface area contributed by atoms with E-state index in [1.807, 2.05) is 13.0 Å². The van der Waals surface area contributed by atoms with Gasteiger partial charge in [-0.3, -0.25) is 4.79 Å². The van der Waals surface area contributed by atoms with Gasteiger partial charge in [0.15, 0.2) is 0 Å². The maximum atomic E-state index is 11.9. The van der Waals surface area contributed by atoms with Crippen LogP contribution in [-0.2, 0) is 4.79 Å². The maximum absolute atomic E-state index is 11.9. The Kier molecular flexibility index (Phi) is 3.87. The Labute approximate surface area is 101 Å². The highest BCUT2D eigenvalue weighted by Crippen LogP contribution is 2.21. The van der Waals surface area contributed by atoms with Gasteiger partial charge in [-0.2, -0.15) is 5.26 Å². The minimum Gasteiger partial charge on any atom is -0.329 e. The molecule has 1 aromatic carbocycles. The summed E-state index contributed by atoms with van der Waals surface area (Å²) in [6, 6.07) is 7.45. The van der Waals surface area contributed by atoms with Gasteiger partial charge in [-0.1, -0.05) is 12.1 Å². The molecule has 0 aromatic heterocycles. The number of nitrogens with one attached hydrogen (secondary N) is 1. The second-order valence-corrected chi connectivity index (χ2v) is 4.65. The molecule has 0 saturated carbocycles. The van der Waals surface area contributed by atoms with Crippen LogP contribution in [0.15, 0.2) is 18.2 Å². The summed E-state index contributed by atoms with van der Waals surface area (Å²) < 4.78 is 0. The fraction of sp³-hybridized carbons (Fsp3) is 0.385. The molecular formula is C13H17N3O. The van der Waals surface area contributed by atoms with Gasteiger partial charge < -0.3 is 11.1 Å². The van der Waals surface area contributed by atoms with E-state index in [-0.39, 0.29) is 12.5 Å². The van der Waals surface area contributed by atoms with E-state index >= 15 is 0 Å². The van der Waals surface area contributed by atoms with Crippen LogP contribution in [0.1, 0.15) is 25.0 Å². The van der Waals surface area contributed by atoms with E-state index in [1.54, 1.807) is 26.0 Å². The van der Waals surface area contributed by atoms with Crippen LogP contribution in [0.4, 0.5) is 5.69 Å². The summed E-state index contributed by atoms with van der Waals surface area (Å²) in [5, 5.41) is 11.8. The molecule has 4 nitrogen and oxygen atoms in total. The number of amides is 1. The molecule has 0 spiro atoms. The Morgan fingerprint density at radius 3 is 2.71 bits per heavy atom. The van der Waals surface area contributed by atoms with Crippen molar-refractivity contribution >= 4 is 11.6 Å². The summed E-state index contributed by atoms with van der Waals surface area (Å²) in [7, 11) is 0. The molecule has 3 N–H and O–H groups in total. The van der Waals surface area contributed by atoms with E-state index in [1.165, 1.54) is 0 Å². The molecule has 0 aliphatic rings. The fourth-order valence-electron chi connectivity index (χ4n) is 1.30. The van der Waals surface area contributed by atoms with Crippen molar-refractivity contribution in [2.45, 2.75) is 20.8 Å². The van der Waals surface area contributed by atoms with Crippen molar-refractivity contribution in [3.63, 3.8) is 0 Å². The zero-order chi connectivity index (χ0) is 13.1. The third kappa shape index (κ3) is 2.83. The number of nitriles is 1. The summed E-state index contributed by atoms with van der Waals surface area (Å²) >= 11 is 0. The molecule has 0 saturated heterocycles. The molecule has 0 aliphatic carbocycles. The van der Waals surface area contributed by atoms with Crippen LogP contribution in [-0.4, -0.2) is 12.5 Å². The molecule has 0 heterocycles. The van der Waals surface area contributed by atoms with Crippen LogP contribution in [0.25, 0.3) is 0 Å². The zero-order valence-electron chi connectivity index (χ0n) is 10.4. The third-order valence-corrected chi connectivity index (χ3v) is 2.76. The first-order valence-electron chi connectivity index (χ1n) is 5.43. The van der Waals surface area contributed by atoms with Gasteiger partial charge in [0, 0.05) is 6.54 Å². The summed E-state index contributed by atoms with van der Waals surface area (Å²) in [6.07, 6.45) is 0. The topological polar surface area (TPSA) is 78.9 Å². The molecule has 17 heavy (non-hydrogen) atoms. The Morgan fingerprint density at radius 2 is 2.18 bits per heavy atom. The van der Waals surface area contributed by atoms with Crippen molar-refractivity contribution in [3.05, 3.63) is 29.3 Å². The fourth-order valence-corrected chi connectivity index (χ4v) is 1.30. The molecule has 0 bridgehead atoms. The molecule has 0 atom stereocenters. The quantitative estimate of drug-likeness (QED) is 0.832. The Morgan fingerprint density at radius 1 is 1.53 bits per heavy atom. The van der Waals surface area contributed by atoms with E-state index in [0.717, 1.165) is 5.56 Å². The van der Waals surface area contributed by atoms with E-state index in [0.29, 0.717) is 11.3 Å².